The van der Waals surface area contributed by atoms with Crippen LogP contribution in [0.5, 0.6) is 0 Å². The number of nitrogens with zero attached hydrogens (tertiary/aromatic N) is 1. The summed E-state index contributed by atoms with van der Waals surface area (Å²) in [4.78, 5) is 15.3. The summed E-state index contributed by atoms with van der Waals surface area (Å²) < 4.78 is 5.15. The van der Waals surface area contributed by atoms with E-state index >= 15 is 0 Å². The van der Waals surface area contributed by atoms with Crippen LogP contribution in [0.1, 0.15) is 18.9 Å². The number of carbonyl (C=O) groups is 1. The number of ketones is 1. The molecule has 0 radical (unpaired) electrons. The SMILES string of the molecule is CCCOCC(=O)Cc1ccncc1Cl. The van der Waals surface area contributed by atoms with Crippen molar-refractivity contribution in [2.45, 2.75) is 19.8 Å². The van der Waals surface area contributed by atoms with Crippen molar-refractivity contribution in [2.75, 3.05) is 13.2 Å². The molecule has 0 aliphatic heterocycles. The highest BCUT2D eigenvalue weighted by atomic mass is 35.5. The maximum absolute atomic E-state index is 11.4. The maximum Gasteiger partial charge on any atom is 0.162 e. The predicted octanol–water partition coefficient (Wildman–Crippen LogP) is 2.27. The van der Waals surface area contributed by atoms with Crippen molar-refractivity contribution in [3.63, 3.8) is 0 Å². The summed E-state index contributed by atoms with van der Waals surface area (Å²) in [5, 5.41) is 0.529. The van der Waals surface area contributed by atoms with Crippen LogP contribution in [0.2, 0.25) is 5.02 Å². The number of carbonyl (C=O) groups excluding carboxylic acids is 1. The lowest BCUT2D eigenvalue weighted by Crippen LogP contribution is -2.12. The molecule has 15 heavy (non-hydrogen) atoms. The molecule has 1 heterocycles. The van der Waals surface area contributed by atoms with Gasteiger partial charge >= 0.3 is 0 Å². The van der Waals surface area contributed by atoms with Gasteiger partial charge in [0.05, 0.1) is 5.02 Å². The molecule has 0 aliphatic rings. The first-order chi connectivity index (χ1) is 7.24. The highest BCUT2D eigenvalue weighted by molar-refractivity contribution is 6.31. The van der Waals surface area contributed by atoms with Crippen molar-refractivity contribution in [3.05, 3.63) is 29.0 Å². The molecule has 1 aromatic rings. The van der Waals surface area contributed by atoms with E-state index in [1.165, 1.54) is 6.20 Å². The molecule has 0 atom stereocenters. The molecule has 0 N–H and O–H groups in total. The van der Waals surface area contributed by atoms with Gasteiger partial charge in [0, 0.05) is 25.4 Å². The first-order valence-corrected chi connectivity index (χ1v) is 5.29. The summed E-state index contributed by atoms with van der Waals surface area (Å²) in [6, 6.07) is 1.75. The molecular weight excluding hydrogens is 214 g/mol. The van der Waals surface area contributed by atoms with E-state index in [4.69, 9.17) is 16.3 Å². The van der Waals surface area contributed by atoms with Crippen LogP contribution < -0.4 is 0 Å². The highest BCUT2D eigenvalue weighted by Crippen LogP contribution is 2.13. The molecule has 4 heteroatoms. The third-order valence-corrected chi connectivity index (χ3v) is 2.20. The molecule has 0 fully saturated rings. The van der Waals surface area contributed by atoms with Crippen molar-refractivity contribution in [3.8, 4) is 0 Å². The number of ether oxygens (including phenoxy) is 1. The third-order valence-electron chi connectivity index (χ3n) is 1.86. The minimum Gasteiger partial charge on any atom is -0.374 e. The van der Waals surface area contributed by atoms with Crippen molar-refractivity contribution in [1.29, 1.82) is 0 Å². The number of Topliss-reactive ketones (excluding diaryl/α,β-unsaturated/α-hetero) is 1. The molecular formula is C11H14ClNO2. The summed E-state index contributed by atoms with van der Waals surface area (Å²) in [5.74, 6) is 0.0385. The second-order valence-electron chi connectivity index (χ2n) is 3.24. The van der Waals surface area contributed by atoms with Crippen LogP contribution in [0.3, 0.4) is 0 Å². The van der Waals surface area contributed by atoms with Gasteiger partial charge in [-0.1, -0.05) is 18.5 Å². The van der Waals surface area contributed by atoms with Crippen molar-refractivity contribution in [2.24, 2.45) is 0 Å². The Kier molecular flexibility index (Phi) is 5.29. The molecule has 0 spiro atoms. The molecule has 0 aromatic carbocycles. The Morgan fingerprint density at radius 2 is 2.40 bits per heavy atom. The Labute approximate surface area is 94.4 Å². The zero-order valence-electron chi connectivity index (χ0n) is 8.70. The van der Waals surface area contributed by atoms with E-state index in [1.54, 1.807) is 12.3 Å². The average Bonchev–Trinajstić information content (AvgIpc) is 2.22. The van der Waals surface area contributed by atoms with Gasteiger partial charge in [-0.3, -0.25) is 9.78 Å². The van der Waals surface area contributed by atoms with Crippen LogP contribution in [0, 0.1) is 0 Å². The van der Waals surface area contributed by atoms with Crippen molar-refractivity contribution in [1.82, 2.24) is 4.98 Å². The number of hydrogen-bond donors (Lipinski definition) is 0. The molecule has 0 aliphatic carbocycles. The van der Waals surface area contributed by atoms with E-state index in [2.05, 4.69) is 4.98 Å². The van der Waals surface area contributed by atoms with Crippen LogP contribution in [0.25, 0.3) is 0 Å². The number of hydrogen-bond acceptors (Lipinski definition) is 3. The minimum absolute atomic E-state index is 0.0385. The van der Waals surface area contributed by atoms with Crippen LogP contribution in [-0.4, -0.2) is 24.0 Å². The monoisotopic (exact) mass is 227 g/mol. The van der Waals surface area contributed by atoms with Crippen molar-refractivity contribution >= 4 is 17.4 Å². The Hall–Kier alpha value is -0.930. The van der Waals surface area contributed by atoms with Crippen LogP contribution in [0.15, 0.2) is 18.5 Å². The molecule has 0 amide bonds. The van der Waals surface area contributed by atoms with Crippen molar-refractivity contribution < 1.29 is 9.53 Å². The summed E-state index contributed by atoms with van der Waals surface area (Å²) in [5.41, 5.74) is 0.803. The number of halogens is 1. The number of pyridine rings is 1. The number of rotatable bonds is 6. The lowest BCUT2D eigenvalue weighted by Gasteiger charge is -2.03. The molecule has 0 saturated heterocycles. The largest absolute Gasteiger partial charge is 0.374 e. The Balaban J connectivity index is 2.41. The first-order valence-electron chi connectivity index (χ1n) is 4.92. The van der Waals surface area contributed by atoms with Gasteiger partial charge in [-0.05, 0) is 18.1 Å². The smallest absolute Gasteiger partial charge is 0.162 e. The Morgan fingerprint density at radius 1 is 1.60 bits per heavy atom. The molecule has 0 unspecified atom stereocenters. The molecule has 3 nitrogen and oxygen atoms in total. The summed E-state index contributed by atoms with van der Waals surface area (Å²) in [6.45, 7) is 2.78. The average molecular weight is 228 g/mol. The lowest BCUT2D eigenvalue weighted by atomic mass is 10.1. The number of aromatic nitrogens is 1. The lowest BCUT2D eigenvalue weighted by molar-refractivity contribution is -0.122. The summed E-state index contributed by atoms with van der Waals surface area (Å²) >= 11 is 5.87. The fourth-order valence-electron chi connectivity index (χ4n) is 1.14. The Morgan fingerprint density at radius 3 is 3.07 bits per heavy atom. The standard InChI is InChI=1S/C11H14ClNO2/c1-2-5-15-8-10(14)6-9-3-4-13-7-11(9)12/h3-4,7H,2,5-6,8H2,1H3. The van der Waals surface area contributed by atoms with Gasteiger partial charge in [-0.15, -0.1) is 0 Å². The van der Waals surface area contributed by atoms with E-state index in [0.29, 0.717) is 18.1 Å². The van der Waals surface area contributed by atoms with Gasteiger partial charge in [-0.2, -0.15) is 0 Å². The third kappa shape index (κ3) is 4.40. The van der Waals surface area contributed by atoms with E-state index in [9.17, 15) is 4.79 Å². The van der Waals surface area contributed by atoms with Crippen LogP contribution in [-0.2, 0) is 16.0 Å². The molecule has 0 bridgehead atoms. The van der Waals surface area contributed by atoms with Gasteiger partial charge in [0.25, 0.3) is 0 Å². The predicted molar refractivity (Wildman–Crippen MR) is 59.1 cm³/mol. The maximum atomic E-state index is 11.4. The zero-order chi connectivity index (χ0) is 11.1. The normalized spacial score (nSPS) is 10.3. The van der Waals surface area contributed by atoms with Gasteiger partial charge in [0.2, 0.25) is 0 Å². The molecule has 1 rings (SSSR count). The van der Waals surface area contributed by atoms with E-state index in [-0.39, 0.29) is 12.4 Å². The second-order valence-corrected chi connectivity index (χ2v) is 3.64. The molecule has 82 valence electrons. The van der Waals surface area contributed by atoms with Crippen LogP contribution in [0.4, 0.5) is 0 Å². The summed E-state index contributed by atoms with van der Waals surface area (Å²) in [7, 11) is 0. The topological polar surface area (TPSA) is 39.2 Å². The van der Waals surface area contributed by atoms with E-state index < -0.39 is 0 Å². The van der Waals surface area contributed by atoms with Gasteiger partial charge in [0.1, 0.15) is 6.61 Å². The van der Waals surface area contributed by atoms with Gasteiger partial charge < -0.3 is 4.74 Å². The van der Waals surface area contributed by atoms with Gasteiger partial charge in [-0.25, -0.2) is 0 Å². The fourth-order valence-corrected chi connectivity index (χ4v) is 1.33. The molecule has 1 aromatic heterocycles. The van der Waals surface area contributed by atoms with Crippen LogP contribution >= 0.6 is 11.6 Å². The zero-order valence-corrected chi connectivity index (χ0v) is 9.46. The quantitative estimate of drug-likeness (QED) is 0.700. The van der Waals surface area contributed by atoms with E-state index in [0.717, 1.165) is 12.0 Å². The fraction of sp³-hybridized carbons (Fsp3) is 0.455. The minimum atomic E-state index is 0.0385. The summed E-state index contributed by atoms with van der Waals surface area (Å²) in [6.07, 6.45) is 4.40. The Bertz CT molecular complexity index is 328. The highest BCUT2D eigenvalue weighted by Gasteiger charge is 2.06. The van der Waals surface area contributed by atoms with Gasteiger partial charge in [0.15, 0.2) is 5.78 Å². The van der Waals surface area contributed by atoms with E-state index in [1.807, 2.05) is 6.92 Å². The molecule has 0 saturated carbocycles. The first kappa shape index (κ1) is 12.1. The second kappa shape index (κ2) is 6.53.